The molecule has 25 heavy (non-hydrogen) atoms. The van der Waals surface area contributed by atoms with Crippen molar-refractivity contribution in [2.24, 2.45) is 0 Å². The van der Waals surface area contributed by atoms with Crippen LogP contribution >= 0.6 is 0 Å². The van der Waals surface area contributed by atoms with Crippen LogP contribution < -0.4 is 5.32 Å². The van der Waals surface area contributed by atoms with Crippen molar-refractivity contribution >= 4 is 16.7 Å². The minimum absolute atomic E-state index is 0.00728. The van der Waals surface area contributed by atoms with E-state index in [1.807, 2.05) is 24.0 Å². The van der Waals surface area contributed by atoms with Crippen LogP contribution in [0.3, 0.4) is 0 Å². The van der Waals surface area contributed by atoms with Gasteiger partial charge >= 0.3 is 0 Å². The molecule has 5 nitrogen and oxygen atoms in total. The van der Waals surface area contributed by atoms with Crippen LogP contribution in [0.4, 0.5) is 0 Å². The number of rotatable bonds is 10. The number of hydrogen-bond donors (Lipinski definition) is 1. The summed E-state index contributed by atoms with van der Waals surface area (Å²) in [6, 6.07) is 14.5. The number of carbonyl (C=O) groups excluding carboxylic acids is 1. The van der Waals surface area contributed by atoms with Crippen molar-refractivity contribution in [3.63, 3.8) is 0 Å². The first-order chi connectivity index (χ1) is 12.1. The molecule has 0 saturated heterocycles. The lowest BCUT2D eigenvalue weighted by atomic mass is 10.0. The molecular weight excluding hydrogens is 316 g/mol. The zero-order chi connectivity index (χ0) is 18.1. The summed E-state index contributed by atoms with van der Waals surface area (Å²) in [5.74, 6) is 0.00728. The molecule has 0 fully saturated rings. The van der Waals surface area contributed by atoms with E-state index in [1.165, 1.54) is 10.8 Å². The maximum absolute atomic E-state index is 12.4. The van der Waals surface area contributed by atoms with Crippen molar-refractivity contribution in [1.29, 1.82) is 0 Å². The molecule has 0 radical (unpaired) electrons. The summed E-state index contributed by atoms with van der Waals surface area (Å²) in [7, 11) is 3.33. The van der Waals surface area contributed by atoms with Gasteiger partial charge in [0.25, 0.3) is 0 Å². The minimum atomic E-state index is -0.0381. The zero-order valence-corrected chi connectivity index (χ0v) is 15.3. The van der Waals surface area contributed by atoms with Gasteiger partial charge in [-0.25, -0.2) is 0 Å². The van der Waals surface area contributed by atoms with Crippen molar-refractivity contribution in [1.82, 2.24) is 10.2 Å². The van der Waals surface area contributed by atoms with E-state index in [0.29, 0.717) is 32.8 Å². The van der Waals surface area contributed by atoms with Crippen LogP contribution in [0.2, 0.25) is 0 Å². The van der Waals surface area contributed by atoms with Gasteiger partial charge in [-0.3, -0.25) is 9.69 Å². The largest absolute Gasteiger partial charge is 0.383 e. The van der Waals surface area contributed by atoms with Gasteiger partial charge in [-0.2, -0.15) is 0 Å². The smallest absolute Gasteiger partial charge is 0.234 e. The number of hydrogen-bond acceptors (Lipinski definition) is 4. The van der Waals surface area contributed by atoms with Crippen molar-refractivity contribution < 1.29 is 14.3 Å². The quantitative estimate of drug-likeness (QED) is 0.720. The lowest BCUT2D eigenvalue weighted by Crippen LogP contribution is -2.41. The molecule has 136 valence electrons. The van der Waals surface area contributed by atoms with Gasteiger partial charge in [0.15, 0.2) is 0 Å². The van der Waals surface area contributed by atoms with E-state index in [9.17, 15) is 4.79 Å². The Kier molecular flexibility index (Phi) is 7.85. The van der Waals surface area contributed by atoms with Crippen LogP contribution in [0.1, 0.15) is 18.5 Å². The van der Waals surface area contributed by atoms with Crippen LogP contribution in [0.15, 0.2) is 42.5 Å². The van der Waals surface area contributed by atoms with E-state index in [-0.39, 0.29) is 11.9 Å². The average Bonchev–Trinajstić information content (AvgIpc) is 2.63. The molecule has 2 aromatic rings. The summed E-state index contributed by atoms with van der Waals surface area (Å²) < 4.78 is 10.2. The van der Waals surface area contributed by atoms with E-state index >= 15 is 0 Å². The van der Waals surface area contributed by atoms with E-state index < -0.39 is 0 Å². The summed E-state index contributed by atoms with van der Waals surface area (Å²) in [4.78, 5) is 14.4. The molecule has 0 saturated carbocycles. The zero-order valence-electron chi connectivity index (χ0n) is 15.3. The lowest BCUT2D eigenvalue weighted by Gasteiger charge is -2.22. The summed E-state index contributed by atoms with van der Waals surface area (Å²) >= 11 is 0. The van der Waals surface area contributed by atoms with Crippen LogP contribution in [-0.4, -0.2) is 57.9 Å². The molecule has 0 aliphatic carbocycles. The van der Waals surface area contributed by atoms with Gasteiger partial charge in [-0.05, 0) is 29.3 Å². The summed E-state index contributed by atoms with van der Waals surface area (Å²) in [5, 5.41) is 5.47. The van der Waals surface area contributed by atoms with Gasteiger partial charge in [-0.1, -0.05) is 36.4 Å². The highest BCUT2D eigenvalue weighted by molar-refractivity contribution is 5.83. The van der Waals surface area contributed by atoms with Crippen molar-refractivity contribution in [3.8, 4) is 0 Å². The number of amides is 1. The molecule has 1 atom stereocenters. The molecular formula is C20H28N2O3. The topological polar surface area (TPSA) is 50.8 Å². The summed E-state index contributed by atoms with van der Waals surface area (Å²) in [6.07, 6.45) is 0. The van der Waals surface area contributed by atoms with Gasteiger partial charge in [0.1, 0.15) is 0 Å². The van der Waals surface area contributed by atoms with Gasteiger partial charge in [0.2, 0.25) is 5.91 Å². The van der Waals surface area contributed by atoms with Crippen LogP contribution in [0.5, 0.6) is 0 Å². The molecule has 0 aliphatic heterocycles. The molecule has 0 unspecified atom stereocenters. The van der Waals surface area contributed by atoms with Crippen LogP contribution in [0.25, 0.3) is 10.8 Å². The van der Waals surface area contributed by atoms with E-state index in [1.54, 1.807) is 14.2 Å². The lowest BCUT2D eigenvalue weighted by molar-refractivity contribution is -0.123. The number of nitrogens with zero attached hydrogens (tertiary/aromatic N) is 1. The fourth-order valence-corrected chi connectivity index (χ4v) is 2.76. The standard InChI is InChI=1S/C20H28N2O3/c1-16(18-9-8-17-6-4-5-7-19(17)14-18)21-20(23)15-22(10-12-24-2)11-13-25-3/h4-9,14,16H,10-13,15H2,1-3H3,(H,21,23)/t16-/m1/s1. The van der Waals surface area contributed by atoms with Gasteiger partial charge < -0.3 is 14.8 Å². The predicted molar refractivity (Wildman–Crippen MR) is 101 cm³/mol. The Bertz CT molecular complexity index is 667. The highest BCUT2D eigenvalue weighted by Gasteiger charge is 2.14. The first-order valence-electron chi connectivity index (χ1n) is 8.62. The molecule has 0 heterocycles. The fraction of sp³-hybridized carbons (Fsp3) is 0.450. The second kappa shape index (κ2) is 10.1. The highest BCUT2D eigenvalue weighted by atomic mass is 16.5. The second-order valence-corrected chi connectivity index (χ2v) is 6.16. The summed E-state index contributed by atoms with van der Waals surface area (Å²) in [5.41, 5.74) is 1.10. The van der Waals surface area contributed by atoms with Crippen LogP contribution in [0, 0.1) is 0 Å². The molecule has 2 rings (SSSR count). The van der Waals surface area contributed by atoms with Crippen molar-refractivity contribution in [2.75, 3.05) is 47.1 Å². The SMILES string of the molecule is COCCN(CCOC)CC(=O)N[C@H](C)c1ccc2ccccc2c1. The molecule has 1 N–H and O–H groups in total. The third-order valence-electron chi connectivity index (χ3n) is 4.24. The Balaban J connectivity index is 1.94. The monoisotopic (exact) mass is 344 g/mol. The third kappa shape index (κ3) is 6.12. The Hall–Kier alpha value is -1.95. The van der Waals surface area contributed by atoms with E-state index in [0.717, 1.165) is 5.56 Å². The van der Waals surface area contributed by atoms with Crippen molar-refractivity contribution in [2.45, 2.75) is 13.0 Å². The Labute approximate surface area is 149 Å². The molecule has 1 amide bonds. The Morgan fingerprint density at radius 1 is 1.04 bits per heavy atom. The Morgan fingerprint density at radius 2 is 1.68 bits per heavy atom. The molecule has 0 bridgehead atoms. The molecule has 0 aliphatic rings. The van der Waals surface area contributed by atoms with E-state index in [4.69, 9.17) is 9.47 Å². The normalized spacial score (nSPS) is 12.5. The third-order valence-corrected chi connectivity index (χ3v) is 4.24. The predicted octanol–water partition coefficient (Wildman–Crippen LogP) is 2.61. The van der Waals surface area contributed by atoms with E-state index in [2.05, 4.69) is 35.6 Å². The number of nitrogens with one attached hydrogen (secondary N) is 1. The first kappa shape index (κ1) is 19.4. The Morgan fingerprint density at radius 3 is 2.32 bits per heavy atom. The summed E-state index contributed by atoms with van der Waals surface area (Å²) in [6.45, 7) is 4.95. The van der Waals surface area contributed by atoms with Gasteiger partial charge in [0.05, 0.1) is 25.8 Å². The second-order valence-electron chi connectivity index (χ2n) is 6.16. The molecule has 0 aromatic heterocycles. The number of ether oxygens (including phenoxy) is 2. The average molecular weight is 344 g/mol. The van der Waals surface area contributed by atoms with Gasteiger partial charge in [-0.15, -0.1) is 0 Å². The fourth-order valence-electron chi connectivity index (χ4n) is 2.76. The van der Waals surface area contributed by atoms with Gasteiger partial charge in [0, 0.05) is 27.3 Å². The number of methoxy groups -OCH3 is 2. The number of fused-ring (bicyclic) bond motifs is 1. The number of benzene rings is 2. The highest BCUT2D eigenvalue weighted by Crippen LogP contribution is 2.20. The number of carbonyl (C=O) groups is 1. The van der Waals surface area contributed by atoms with Crippen LogP contribution in [-0.2, 0) is 14.3 Å². The maximum Gasteiger partial charge on any atom is 0.234 e. The first-order valence-corrected chi connectivity index (χ1v) is 8.62. The molecule has 2 aromatic carbocycles. The molecule has 0 spiro atoms. The maximum atomic E-state index is 12.4. The van der Waals surface area contributed by atoms with Crippen molar-refractivity contribution in [3.05, 3.63) is 48.0 Å². The molecule has 5 heteroatoms. The minimum Gasteiger partial charge on any atom is -0.383 e.